The van der Waals surface area contributed by atoms with Crippen molar-refractivity contribution in [1.82, 2.24) is 10.8 Å². The lowest BCUT2D eigenvalue weighted by Crippen LogP contribution is -2.22. The number of nitrogens with one attached hydrogen (secondary N) is 2. The first-order chi connectivity index (χ1) is 6.66. The number of hydrogen-bond acceptors (Lipinski definition) is 3. The Morgan fingerprint density at radius 3 is 2.86 bits per heavy atom. The molecule has 0 bridgehead atoms. The van der Waals surface area contributed by atoms with Crippen LogP contribution in [0, 0.1) is 5.82 Å². The third-order valence-corrected chi connectivity index (χ3v) is 2.10. The van der Waals surface area contributed by atoms with Crippen LogP contribution in [0.25, 0.3) is 0 Å². The largest absolute Gasteiger partial charge is 0.427 e. The van der Waals surface area contributed by atoms with E-state index in [1.165, 1.54) is 18.2 Å². The van der Waals surface area contributed by atoms with Gasteiger partial charge in [-0.1, -0.05) is 17.7 Å². The van der Waals surface area contributed by atoms with E-state index in [4.69, 9.17) is 11.6 Å². The molecule has 0 aromatic heterocycles. The summed E-state index contributed by atoms with van der Waals surface area (Å²) < 4.78 is 12.8. The molecule has 1 aromatic rings. The highest BCUT2D eigenvalue weighted by molar-refractivity contribution is 6.30. The minimum Gasteiger partial charge on any atom is -0.351 e. The van der Waals surface area contributed by atoms with Crippen LogP contribution in [0.3, 0.4) is 0 Å². The summed E-state index contributed by atoms with van der Waals surface area (Å²) in [5, 5.41) is 2.47. The number of carbonyl (C=O) groups is 1. The lowest BCUT2D eigenvalue weighted by atomic mass is 10.2. The fourth-order valence-electron chi connectivity index (χ4n) is 1.13. The summed E-state index contributed by atoms with van der Waals surface area (Å²) in [6.45, 7) is 0. The molecule has 2 rings (SSSR count). The van der Waals surface area contributed by atoms with Gasteiger partial charge in [-0.3, -0.25) is 5.32 Å². The Hall–Kier alpha value is -1.33. The predicted molar refractivity (Wildman–Crippen MR) is 46.9 cm³/mol. The zero-order valence-corrected chi connectivity index (χ0v) is 7.64. The Morgan fingerprint density at radius 1 is 1.50 bits per heavy atom. The topological polar surface area (TPSA) is 50.4 Å². The molecule has 0 aliphatic carbocycles. The van der Waals surface area contributed by atoms with Crippen molar-refractivity contribution >= 4 is 17.7 Å². The second-order valence-corrected chi connectivity index (χ2v) is 3.17. The van der Waals surface area contributed by atoms with Crippen molar-refractivity contribution in [2.75, 3.05) is 0 Å². The molecule has 1 amide bonds. The molecule has 1 aliphatic heterocycles. The second kappa shape index (κ2) is 3.43. The van der Waals surface area contributed by atoms with E-state index in [0.29, 0.717) is 5.56 Å². The van der Waals surface area contributed by atoms with Crippen LogP contribution in [0.2, 0.25) is 5.02 Å². The van der Waals surface area contributed by atoms with Crippen LogP contribution in [0.5, 0.6) is 0 Å². The first-order valence-electron chi connectivity index (χ1n) is 3.84. The average Bonchev–Trinajstić information content (AvgIpc) is 2.57. The Kier molecular flexibility index (Phi) is 2.26. The zero-order valence-electron chi connectivity index (χ0n) is 6.88. The number of hydrogen-bond donors (Lipinski definition) is 2. The van der Waals surface area contributed by atoms with Crippen molar-refractivity contribution in [3.63, 3.8) is 0 Å². The van der Waals surface area contributed by atoms with Gasteiger partial charge in [0.05, 0.1) is 5.02 Å². The smallest absolute Gasteiger partial charge is 0.351 e. The van der Waals surface area contributed by atoms with Crippen LogP contribution in [0.4, 0.5) is 9.18 Å². The van der Waals surface area contributed by atoms with Crippen molar-refractivity contribution in [2.24, 2.45) is 0 Å². The molecule has 1 atom stereocenters. The summed E-state index contributed by atoms with van der Waals surface area (Å²) in [5.41, 5.74) is 3.05. The standard InChI is InChI=1S/C8H6ClFN2O2/c9-5-3-4(1-2-6(5)10)7-11-8(13)14-12-7/h1-3,7,12H,(H,11,13). The Morgan fingerprint density at radius 2 is 2.29 bits per heavy atom. The highest BCUT2D eigenvalue weighted by Gasteiger charge is 2.23. The normalized spacial score (nSPS) is 20.4. The van der Waals surface area contributed by atoms with Crippen molar-refractivity contribution in [3.05, 3.63) is 34.6 Å². The Balaban J connectivity index is 2.24. The van der Waals surface area contributed by atoms with E-state index in [9.17, 15) is 9.18 Å². The van der Waals surface area contributed by atoms with E-state index in [1.807, 2.05) is 0 Å². The molecule has 1 unspecified atom stereocenters. The number of carbonyl (C=O) groups excluding carboxylic acids is 1. The summed E-state index contributed by atoms with van der Waals surface area (Å²) in [6, 6.07) is 4.15. The van der Waals surface area contributed by atoms with Crippen molar-refractivity contribution in [2.45, 2.75) is 6.17 Å². The number of hydroxylamine groups is 1. The Bertz CT molecular complexity index is 386. The predicted octanol–water partition coefficient (Wildman–Crippen LogP) is 1.72. The number of halogens is 2. The molecule has 0 radical (unpaired) electrons. The van der Waals surface area contributed by atoms with Crippen LogP contribution >= 0.6 is 11.6 Å². The van der Waals surface area contributed by atoms with E-state index in [-0.39, 0.29) is 5.02 Å². The minimum absolute atomic E-state index is 0.00505. The van der Waals surface area contributed by atoms with Gasteiger partial charge in [-0.15, -0.1) is 5.48 Å². The first-order valence-corrected chi connectivity index (χ1v) is 4.22. The molecule has 4 nitrogen and oxygen atoms in total. The third-order valence-electron chi connectivity index (χ3n) is 1.81. The van der Waals surface area contributed by atoms with Crippen LogP contribution in [0.15, 0.2) is 18.2 Å². The van der Waals surface area contributed by atoms with E-state index in [2.05, 4.69) is 15.6 Å². The maximum absolute atomic E-state index is 12.8. The lowest BCUT2D eigenvalue weighted by Gasteiger charge is -2.07. The van der Waals surface area contributed by atoms with Gasteiger partial charge in [0, 0.05) is 0 Å². The van der Waals surface area contributed by atoms with Gasteiger partial charge < -0.3 is 4.84 Å². The quantitative estimate of drug-likeness (QED) is 0.752. The van der Waals surface area contributed by atoms with Gasteiger partial charge in [-0.2, -0.15) is 0 Å². The average molecular weight is 217 g/mol. The Labute approximate surface area is 84.0 Å². The fourth-order valence-corrected chi connectivity index (χ4v) is 1.32. The van der Waals surface area contributed by atoms with E-state index in [1.54, 1.807) is 0 Å². The molecule has 14 heavy (non-hydrogen) atoms. The van der Waals surface area contributed by atoms with Crippen LogP contribution in [0.1, 0.15) is 11.7 Å². The maximum atomic E-state index is 12.8. The molecule has 2 N–H and O–H groups in total. The molecule has 1 saturated heterocycles. The van der Waals surface area contributed by atoms with Crippen molar-refractivity contribution in [3.8, 4) is 0 Å². The molecule has 0 saturated carbocycles. The minimum atomic E-state index is -0.574. The van der Waals surface area contributed by atoms with Gasteiger partial charge in [0.25, 0.3) is 0 Å². The molecule has 74 valence electrons. The van der Waals surface area contributed by atoms with Crippen molar-refractivity contribution < 1.29 is 14.0 Å². The SMILES string of the molecule is O=C1NC(c2ccc(F)c(Cl)c2)NO1. The number of amides is 1. The van der Waals surface area contributed by atoms with Crippen molar-refractivity contribution in [1.29, 1.82) is 0 Å². The molecule has 1 fully saturated rings. The van der Waals surface area contributed by atoms with Gasteiger partial charge in [0.15, 0.2) is 0 Å². The zero-order chi connectivity index (χ0) is 10.1. The van der Waals surface area contributed by atoms with Gasteiger partial charge in [-0.05, 0) is 17.7 Å². The number of rotatable bonds is 1. The third kappa shape index (κ3) is 1.64. The number of benzene rings is 1. The van der Waals surface area contributed by atoms with E-state index >= 15 is 0 Å². The molecular weight excluding hydrogens is 211 g/mol. The summed E-state index contributed by atoms with van der Waals surface area (Å²) in [5.74, 6) is -0.499. The summed E-state index contributed by atoms with van der Waals surface area (Å²) in [4.78, 5) is 15.1. The molecule has 1 aromatic carbocycles. The van der Waals surface area contributed by atoms with E-state index < -0.39 is 18.1 Å². The molecule has 6 heteroatoms. The van der Waals surface area contributed by atoms with Gasteiger partial charge in [0.1, 0.15) is 12.0 Å². The van der Waals surface area contributed by atoms with Crippen LogP contribution in [-0.4, -0.2) is 6.09 Å². The summed E-state index contributed by atoms with van der Waals surface area (Å²) in [6.07, 6.45) is -1.06. The monoisotopic (exact) mass is 216 g/mol. The van der Waals surface area contributed by atoms with Crippen LogP contribution < -0.4 is 10.8 Å². The highest BCUT2D eigenvalue weighted by Crippen LogP contribution is 2.21. The summed E-state index contributed by atoms with van der Waals surface area (Å²) >= 11 is 5.57. The second-order valence-electron chi connectivity index (χ2n) is 2.76. The van der Waals surface area contributed by atoms with Gasteiger partial charge in [-0.25, -0.2) is 9.18 Å². The molecule has 0 spiro atoms. The molecule has 1 heterocycles. The van der Waals surface area contributed by atoms with Gasteiger partial charge >= 0.3 is 6.09 Å². The maximum Gasteiger partial charge on any atom is 0.427 e. The first kappa shape index (κ1) is 9.23. The highest BCUT2D eigenvalue weighted by atomic mass is 35.5. The van der Waals surface area contributed by atoms with Crippen LogP contribution in [-0.2, 0) is 4.84 Å². The molecule has 1 aliphatic rings. The van der Waals surface area contributed by atoms with E-state index in [0.717, 1.165) is 0 Å². The summed E-state index contributed by atoms with van der Waals surface area (Å²) in [7, 11) is 0. The molecular formula is C8H6ClFN2O2. The lowest BCUT2D eigenvalue weighted by molar-refractivity contribution is 0.121. The van der Waals surface area contributed by atoms with Gasteiger partial charge in [0.2, 0.25) is 0 Å². The fraction of sp³-hybridized carbons (Fsp3) is 0.125.